The number of allylic oxidation sites excluding steroid dienone is 8. The summed E-state index contributed by atoms with van der Waals surface area (Å²) in [5.41, 5.74) is 0. The molecule has 3 unspecified atom stereocenters. The van der Waals surface area contributed by atoms with E-state index < -0.39 is 18.2 Å². The number of unbranched alkanes of at least 4 members (excludes halogenated alkanes) is 25. The normalized spacial score (nSPS) is 13.6. The molecule has 0 aromatic rings. The molecule has 0 rings (SSSR count). The highest BCUT2D eigenvalue weighted by Crippen LogP contribution is 2.17. The first-order chi connectivity index (χ1) is 29.0. The number of hydrogen-bond donors (Lipinski definition) is 3. The minimum absolute atomic E-state index is 0.0571. The molecule has 0 bridgehead atoms. The van der Waals surface area contributed by atoms with Gasteiger partial charge in [0, 0.05) is 6.42 Å². The van der Waals surface area contributed by atoms with Crippen LogP contribution in [0.4, 0.5) is 0 Å². The number of amides is 1. The third-order valence-electron chi connectivity index (χ3n) is 11.4. The van der Waals surface area contributed by atoms with Crippen LogP contribution in [0.15, 0.2) is 48.6 Å². The molecule has 1 amide bonds. The van der Waals surface area contributed by atoms with E-state index in [4.69, 9.17) is 4.74 Å². The van der Waals surface area contributed by atoms with Crippen LogP contribution in [0.1, 0.15) is 252 Å². The second kappa shape index (κ2) is 46.9. The van der Waals surface area contributed by atoms with Crippen LogP contribution in [0.25, 0.3) is 0 Å². The van der Waals surface area contributed by atoms with E-state index in [0.717, 1.165) is 103 Å². The van der Waals surface area contributed by atoms with Crippen molar-refractivity contribution in [2.45, 2.75) is 270 Å². The third-order valence-corrected chi connectivity index (χ3v) is 11.4. The minimum atomic E-state index is -0.795. The van der Waals surface area contributed by atoms with Gasteiger partial charge >= 0.3 is 5.97 Å². The molecule has 0 aliphatic heterocycles. The molecule has 344 valence electrons. The minimum Gasteiger partial charge on any atom is -0.462 e. The Bertz CT molecular complexity index is 1020. The lowest BCUT2D eigenvalue weighted by molar-refractivity contribution is -0.151. The van der Waals surface area contributed by atoms with Crippen molar-refractivity contribution in [1.29, 1.82) is 0 Å². The Labute approximate surface area is 366 Å². The van der Waals surface area contributed by atoms with Crippen LogP contribution in [0.3, 0.4) is 0 Å². The lowest BCUT2D eigenvalue weighted by Gasteiger charge is -2.24. The van der Waals surface area contributed by atoms with Gasteiger partial charge in [0.15, 0.2) is 0 Å². The summed E-state index contributed by atoms with van der Waals surface area (Å²) in [4.78, 5) is 26.1. The largest absolute Gasteiger partial charge is 0.462 e. The number of aliphatic hydroxyl groups excluding tert-OH is 2. The van der Waals surface area contributed by atoms with Crippen LogP contribution in [0.5, 0.6) is 0 Å². The van der Waals surface area contributed by atoms with Gasteiger partial charge in [-0.3, -0.25) is 9.59 Å². The molecule has 0 aliphatic carbocycles. The summed E-state index contributed by atoms with van der Waals surface area (Å²) >= 11 is 0. The molecule has 0 saturated carbocycles. The molecule has 59 heavy (non-hydrogen) atoms. The van der Waals surface area contributed by atoms with Gasteiger partial charge in [-0.05, 0) is 83.5 Å². The zero-order chi connectivity index (χ0) is 43.1. The van der Waals surface area contributed by atoms with Crippen LogP contribution in [-0.2, 0) is 14.3 Å². The van der Waals surface area contributed by atoms with Crippen LogP contribution in [0.2, 0.25) is 0 Å². The predicted octanol–water partition coefficient (Wildman–Crippen LogP) is 15.1. The van der Waals surface area contributed by atoms with E-state index >= 15 is 0 Å². The molecular formula is C53H97NO5. The van der Waals surface area contributed by atoms with Crippen molar-refractivity contribution >= 4 is 11.9 Å². The molecule has 0 fully saturated rings. The highest BCUT2D eigenvalue weighted by Gasteiger charge is 2.24. The van der Waals surface area contributed by atoms with Gasteiger partial charge in [-0.1, -0.05) is 204 Å². The van der Waals surface area contributed by atoms with Crippen molar-refractivity contribution in [3.8, 4) is 0 Å². The van der Waals surface area contributed by atoms with Crippen LogP contribution >= 0.6 is 0 Å². The number of aliphatic hydroxyl groups is 2. The van der Waals surface area contributed by atoms with Crippen LogP contribution in [0, 0.1) is 0 Å². The summed E-state index contributed by atoms with van der Waals surface area (Å²) in [6.45, 7) is 6.36. The SMILES string of the molecule is CC/C=C/C/C=C/C/C=C/CCCCCCC(CC(=O)NC(CO)C(O)CCCCCCCCCCCCCCC)OC(=O)CCCCC/C=C\CCCCCCCC. The van der Waals surface area contributed by atoms with Crippen molar-refractivity contribution in [2.75, 3.05) is 6.61 Å². The molecule has 6 nitrogen and oxygen atoms in total. The Hall–Kier alpha value is -2.18. The van der Waals surface area contributed by atoms with E-state index in [9.17, 15) is 19.8 Å². The maximum absolute atomic E-state index is 13.2. The molecule has 0 aliphatic rings. The molecule has 0 saturated heterocycles. The van der Waals surface area contributed by atoms with Crippen molar-refractivity contribution in [1.82, 2.24) is 5.32 Å². The second-order valence-corrected chi connectivity index (χ2v) is 17.2. The van der Waals surface area contributed by atoms with E-state index in [1.807, 2.05) is 0 Å². The Balaban J connectivity index is 4.63. The molecule has 0 spiro atoms. The first-order valence-electron chi connectivity index (χ1n) is 25.4. The van der Waals surface area contributed by atoms with Gasteiger partial charge in [0.05, 0.1) is 25.2 Å². The van der Waals surface area contributed by atoms with Gasteiger partial charge in [0.1, 0.15) is 6.10 Å². The molecule has 0 aromatic heterocycles. The fourth-order valence-corrected chi connectivity index (χ4v) is 7.56. The van der Waals surface area contributed by atoms with E-state index in [-0.39, 0.29) is 24.9 Å². The maximum atomic E-state index is 13.2. The average Bonchev–Trinajstić information content (AvgIpc) is 3.23. The summed E-state index contributed by atoms with van der Waals surface area (Å²) in [6, 6.07) is -0.711. The lowest BCUT2D eigenvalue weighted by Crippen LogP contribution is -2.46. The Morgan fingerprint density at radius 1 is 0.508 bits per heavy atom. The third kappa shape index (κ3) is 42.3. The molecule has 0 aromatic carbocycles. The van der Waals surface area contributed by atoms with Crippen LogP contribution < -0.4 is 5.32 Å². The van der Waals surface area contributed by atoms with E-state index in [0.29, 0.717) is 19.3 Å². The van der Waals surface area contributed by atoms with E-state index in [1.54, 1.807) is 0 Å². The second-order valence-electron chi connectivity index (χ2n) is 17.2. The Morgan fingerprint density at radius 3 is 1.41 bits per heavy atom. The number of carbonyl (C=O) groups is 2. The number of rotatable bonds is 45. The van der Waals surface area contributed by atoms with E-state index in [2.05, 4.69) is 74.7 Å². The quantitative estimate of drug-likeness (QED) is 0.0323. The summed E-state index contributed by atoms with van der Waals surface area (Å²) in [6.07, 6.45) is 56.0. The molecular weight excluding hydrogens is 731 g/mol. The fraction of sp³-hybridized carbons (Fsp3) is 0.811. The first-order valence-corrected chi connectivity index (χ1v) is 25.4. The van der Waals surface area contributed by atoms with Gasteiger partial charge in [-0.25, -0.2) is 0 Å². The maximum Gasteiger partial charge on any atom is 0.306 e. The van der Waals surface area contributed by atoms with Crippen molar-refractivity contribution in [3.63, 3.8) is 0 Å². The highest BCUT2D eigenvalue weighted by atomic mass is 16.5. The zero-order valence-corrected chi connectivity index (χ0v) is 39.1. The van der Waals surface area contributed by atoms with Gasteiger partial charge in [0.2, 0.25) is 5.91 Å². The number of hydrogen-bond acceptors (Lipinski definition) is 5. The Morgan fingerprint density at radius 2 is 0.915 bits per heavy atom. The van der Waals surface area contributed by atoms with Gasteiger partial charge in [-0.15, -0.1) is 0 Å². The molecule has 0 heterocycles. The summed E-state index contributed by atoms with van der Waals surface area (Å²) in [7, 11) is 0. The van der Waals surface area contributed by atoms with Crippen molar-refractivity contribution < 1.29 is 24.5 Å². The number of esters is 1. The molecule has 3 atom stereocenters. The lowest BCUT2D eigenvalue weighted by atomic mass is 10.0. The molecule has 3 N–H and O–H groups in total. The van der Waals surface area contributed by atoms with Crippen molar-refractivity contribution in [3.05, 3.63) is 48.6 Å². The molecule has 0 radical (unpaired) electrons. The van der Waals surface area contributed by atoms with Gasteiger partial charge < -0.3 is 20.3 Å². The predicted molar refractivity (Wildman–Crippen MR) is 255 cm³/mol. The zero-order valence-electron chi connectivity index (χ0n) is 39.1. The fourth-order valence-electron chi connectivity index (χ4n) is 7.56. The first kappa shape index (κ1) is 56.8. The standard InChI is InChI=1S/C53H97NO5/c1-4-7-10-13-16-19-22-25-28-29-32-35-38-41-44-49(59-53(58)46-43-40-37-34-31-27-24-21-18-15-12-9-6-3)47-52(57)54-50(48-55)51(56)45-42-39-36-33-30-26-23-20-17-14-11-8-5-2/h7,10,16,19,25,27-28,31,49-51,55-56H,4-6,8-9,11-15,17-18,20-24,26,29-30,32-48H2,1-3H3,(H,54,57)/b10-7+,19-16+,28-25+,31-27-. The van der Waals surface area contributed by atoms with Gasteiger partial charge in [0.25, 0.3) is 0 Å². The topological polar surface area (TPSA) is 95.9 Å². The monoisotopic (exact) mass is 828 g/mol. The highest BCUT2D eigenvalue weighted by molar-refractivity contribution is 5.77. The van der Waals surface area contributed by atoms with Crippen molar-refractivity contribution in [2.24, 2.45) is 0 Å². The van der Waals surface area contributed by atoms with Crippen LogP contribution in [-0.4, -0.2) is 46.9 Å². The number of ether oxygens (including phenoxy) is 1. The molecule has 6 heteroatoms. The average molecular weight is 828 g/mol. The summed E-state index contributed by atoms with van der Waals surface area (Å²) in [5.74, 6) is -0.511. The van der Waals surface area contributed by atoms with E-state index in [1.165, 1.54) is 103 Å². The Kier molecular flexibility index (Phi) is 45.1. The van der Waals surface area contributed by atoms with Gasteiger partial charge in [-0.2, -0.15) is 0 Å². The number of nitrogens with one attached hydrogen (secondary N) is 1. The summed E-state index contributed by atoms with van der Waals surface area (Å²) < 4.78 is 5.91. The number of carbonyl (C=O) groups excluding carboxylic acids is 2. The summed E-state index contributed by atoms with van der Waals surface area (Å²) in [5, 5.41) is 23.7. The smallest absolute Gasteiger partial charge is 0.306 e.